The van der Waals surface area contributed by atoms with Gasteiger partial charge in [-0.05, 0) is 37.0 Å². The van der Waals surface area contributed by atoms with Crippen LogP contribution in [0.1, 0.15) is 37.3 Å². The maximum Gasteiger partial charge on any atom is 0.124 e. The van der Waals surface area contributed by atoms with Gasteiger partial charge in [-0.25, -0.2) is 4.39 Å². The third-order valence-corrected chi connectivity index (χ3v) is 4.74. The zero-order valence-electron chi connectivity index (χ0n) is 12.5. The number of hydrogen-bond acceptors (Lipinski definition) is 2. The summed E-state index contributed by atoms with van der Waals surface area (Å²) in [5, 5.41) is 3.39. The first kappa shape index (κ1) is 16.7. The monoisotopic (exact) mass is 354 g/mol. The molecule has 0 aromatic heterocycles. The van der Waals surface area contributed by atoms with Crippen molar-refractivity contribution >= 4 is 15.9 Å². The Morgan fingerprint density at radius 3 is 2.76 bits per heavy atom. The Hall–Kier alpha value is -0.710. The van der Waals surface area contributed by atoms with E-state index in [4.69, 9.17) is 0 Å². The van der Waals surface area contributed by atoms with Gasteiger partial charge in [-0.3, -0.25) is 4.90 Å². The lowest BCUT2D eigenvalue weighted by molar-refractivity contribution is 0.162. The van der Waals surface area contributed by atoms with Crippen LogP contribution in [0.25, 0.3) is 0 Å². The Morgan fingerprint density at radius 2 is 2.10 bits per heavy atom. The van der Waals surface area contributed by atoms with Crippen LogP contribution in [0.2, 0.25) is 0 Å². The largest absolute Gasteiger partial charge is 0.314 e. The molecule has 0 radical (unpaired) electrons. The smallest absolute Gasteiger partial charge is 0.124 e. The van der Waals surface area contributed by atoms with Gasteiger partial charge >= 0.3 is 0 Å². The van der Waals surface area contributed by atoms with Gasteiger partial charge < -0.3 is 5.32 Å². The maximum absolute atomic E-state index is 13.3. The van der Waals surface area contributed by atoms with Gasteiger partial charge in [-0.2, -0.15) is 0 Å². The second kappa shape index (κ2) is 8.66. The van der Waals surface area contributed by atoms with Crippen LogP contribution >= 0.6 is 15.9 Å². The highest BCUT2D eigenvalue weighted by molar-refractivity contribution is 9.10. The molecule has 0 unspecified atom stereocenters. The molecule has 0 amide bonds. The molecule has 0 aliphatic carbocycles. The molecule has 2 nitrogen and oxygen atoms in total. The number of nitrogens with one attached hydrogen (secondary N) is 1. The third kappa shape index (κ3) is 4.90. The summed E-state index contributed by atoms with van der Waals surface area (Å²) in [6.07, 6.45) is 6.50. The molecule has 0 bridgehead atoms. The molecule has 1 aliphatic heterocycles. The van der Waals surface area contributed by atoms with Gasteiger partial charge in [0.05, 0.1) is 0 Å². The number of rotatable bonds is 7. The fourth-order valence-corrected chi connectivity index (χ4v) is 3.54. The lowest BCUT2D eigenvalue weighted by atomic mass is 9.98. The molecular weight excluding hydrogens is 331 g/mol. The molecule has 1 fully saturated rings. The zero-order chi connectivity index (χ0) is 15.1. The quantitative estimate of drug-likeness (QED) is 0.580. The summed E-state index contributed by atoms with van der Waals surface area (Å²) in [5.74, 6) is -0.184. The summed E-state index contributed by atoms with van der Waals surface area (Å²) in [6, 6.07) is 5.44. The van der Waals surface area contributed by atoms with E-state index in [-0.39, 0.29) is 5.82 Å². The third-order valence-electron chi connectivity index (χ3n) is 4.05. The molecule has 116 valence electrons. The molecule has 1 atom stereocenters. The van der Waals surface area contributed by atoms with E-state index in [1.807, 2.05) is 12.1 Å². The van der Waals surface area contributed by atoms with Crippen molar-refractivity contribution < 1.29 is 4.39 Å². The number of nitrogens with zero attached hydrogens (tertiary/aromatic N) is 1. The van der Waals surface area contributed by atoms with Crippen LogP contribution in [0, 0.1) is 5.82 Å². The van der Waals surface area contributed by atoms with Gasteiger partial charge in [0.1, 0.15) is 5.82 Å². The topological polar surface area (TPSA) is 15.3 Å². The molecule has 0 saturated carbocycles. The van der Waals surface area contributed by atoms with E-state index in [2.05, 4.69) is 32.7 Å². The van der Waals surface area contributed by atoms with Crippen molar-refractivity contribution in [2.45, 2.75) is 31.7 Å². The molecule has 1 N–H and O–H groups in total. The van der Waals surface area contributed by atoms with E-state index in [1.165, 1.54) is 18.4 Å². The number of allylic oxidation sites excluding steroid dienone is 1. The predicted octanol–water partition coefficient (Wildman–Crippen LogP) is 4.28. The predicted molar refractivity (Wildman–Crippen MR) is 89.9 cm³/mol. The van der Waals surface area contributed by atoms with Gasteiger partial charge in [0, 0.05) is 36.7 Å². The molecule has 1 aliphatic rings. The number of hydrogen-bond donors (Lipinski definition) is 1. The van der Waals surface area contributed by atoms with Crippen LogP contribution in [-0.4, -0.2) is 31.1 Å². The van der Waals surface area contributed by atoms with Crippen LogP contribution in [0.4, 0.5) is 4.39 Å². The fourth-order valence-electron chi connectivity index (χ4n) is 2.93. The van der Waals surface area contributed by atoms with Crippen LogP contribution in [-0.2, 0) is 0 Å². The van der Waals surface area contributed by atoms with Crippen molar-refractivity contribution in [1.29, 1.82) is 0 Å². The van der Waals surface area contributed by atoms with Crippen LogP contribution in [0.3, 0.4) is 0 Å². The van der Waals surface area contributed by atoms with Gasteiger partial charge in [0.15, 0.2) is 0 Å². The Morgan fingerprint density at radius 1 is 1.33 bits per heavy atom. The van der Waals surface area contributed by atoms with Crippen molar-refractivity contribution in [2.24, 2.45) is 0 Å². The minimum absolute atomic E-state index is 0.184. The van der Waals surface area contributed by atoms with Gasteiger partial charge in [-0.15, -0.1) is 6.58 Å². The van der Waals surface area contributed by atoms with Crippen molar-refractivity contribution in [3.05, 3.63) is 46.7 Å². The Kier molecular flexibility index (Phi) is 6.87. The summed E-state index contributed by atoms with van der Waals surface area (Å²) in [5.41, 5.74) is 1.21. The molecular formula is C17H24BrFN2. The summed E-state index contributed by atoms with van der Waals surface area (Å²) in [7, 11) is 0. The van der Waals surface area contributed by atoms with E-state index < -0.39 is 0 Å². The van der Waals surface area contributed by atoms with E-state index in [9.17, 15) is 4.39 Å². The van der Waals surface area contributed by atoms with Crippen LogP contribution in [0.5, 0.6) is 0 Å². The fraction of sp³-hybridized carbons (Fsp3) is 0.529. The number of unbranched alkanes of at least 4 members (excludes halogenated alkanes) is 2. The summed E-state index contributed by atoms with van der Waals surface area (Å²) in [4.78, 5) is 2.52. The van der Waals surface area contributed by atoms with Crippen molar-refractivity contribution in [1.82, 2.24) is 10.2 Å². The summed E-state index contributed by atoms with van der Waals surface area (Å²) in [6.45, 7) is 7.94. The second-order valence-corrected chi connectivity index (χ2v) is 6.40. The summed E-state index contributed by atoms with van der Waals surface area (Å²) >= 11 is 3.54. The molecule has 2 rings (SSSR count). The van der Waals surface area contributed by atoms with E-state index in [1.54, 1.807) is 12.1 Å². The number of benzene rings is 1. The Labute approximate surface area is 135 Å². The highest BCUT2D eigenvalue weighted by atomic mass is 79.9. The Bertz CT molecular complexity index is 458. The average Bonchev–Trinajstić information content (AvgIpc) is 2.49. The first-order chi connectivity index (χ1) is 10.2. The van der Waals surface area contributed by atoms with Gasteiger partial charge in [-0.1, -0.05) is 34.5 Å². The molecule has 1 aromatic rings. The highest BCUT2D eigenvalue weighted by Crippen LogP contribution is 2.32. The minimum Gasteiger partial charge on any atom is -0.314 e. The number of halogens is 2. The lowest BCUT2D eigenvalue weighted by Crippen LogP contribution is -2.45. The van der Waals surface area contributed by atoms with Crippen molar-refractivity contribution in [3.63, 3.8) is 0 Å². The molecule has 1 saturated heterocycles. The average molecular weight is 355 g/mol. The van der Waals surface area contributed by atoms with Crippen LogP contribution in [0.15, 0.2) is 35.3 Å². The zero-order valence-corrected chi connectivity index (χ0v) is 14.0. The molecule has 1 aromatic carbocycles. The molecule has 4 heteroatoms. The molecule has 1 heterocycles. The lowest BCUT2D eigenvalue weighted by Gasteiger charge is -2.36. The molecule has 21 heavy (non-hydrogen) atoms. The SMILES string of the molecule is C=CCCCC[C@@H](c1ccc(F)cc1Br)N1CCNCC1. The standard InChI is InChI=1S/C17H24BrFN2/c1-2-3-4-5-6-17(21-11-9-20-10-12-21)15-8-7-14(19)13-16(15)18/h2,7-8,13,17,20H,1,3-6,9-12H2/t17-/m0/s1. The Balaban J connectivity index is 2.11. The first-order valence-electron chi connectivity index (χ1n) is 7.73. The normalized spacial score (nSPS) is 17.6. The maximum atomic E-state index is 13.3. The molecule has 0 spiro atoms. The second-order valence-electron chi connectivity index (χ2n) is 5.54. The van der Waals surface area contributed by atoms with E-state index in [0.717, 1.165) is 43.5 Å². The van der Waals surface area contributed by atoms with Crippen LogP contribution < -0.4 is 5.32 Å². The van der Waals surface area contributed by atoms with E-state index >= 15 is 0 Å². The van der Waals surface area contributed by atoms with Gasteiger partial charge in [0.2, 0.25) is 0 Å². The minimum atomic E-state index is -0.184. The summed E-state index contributed by atoms with van der Waals surface area (Å²) < 4.78 is 14.2. The first-order valence-corrected chi connectivity index (χ1v) is 8.52. The van der Waals surface area contributed by atoms with E-state index in [0.29, 0.717) is 6.04 Å². The number of piperazine rings is 1. The van der Waals surface area contributed by atoms with Crippen molar-refractivity contribution in [2.75, 3.05) is 26.2 Å². The van der Waals surface area contributed by atoms with Gasteiger partial charge in [0.25, 0.3) is 0 Å². The highest BCUT2D eigenvalue weighted by Gasteiger charge is 2.23. The van der Waals surface area contributed by atoms with Crippen molar-refractivity contribution in [3.8, 4) is 0 Å².